The van der Waals surface area contributed by atoms with E-state index in [1.165, 1.54) is 0 Å². The average Bonchev–Trinajstić information content (AvgIpc) is 2.70. The lowest BCUT2D eigenvalue weighted by molar-refractivity contribution is -0.138. The van der Waals surface area contributed by atoms with Crippen LogP contribution in [0.15, 0.2) is 16.7 Å². The summed E-state index contributed by atoms with van der Waals surface area (Å²) in [4.78, 5) is 24.8. The zero-order chi connectivity index (χ0) is 14.6. The molecule has 1 heterocycles. The number of rotatable bonds is 6. The van der Waals surface area contributed by atoms with E-state index in [0.717, 1.165) is 4.47 Å². The number of amides is 1. The van der Waals surface area contributed by atoms with Crippen LogP contribution in [0.25, 0.3) is 0 Å². The van der Waals surface area contributed by atoms with Gasteiger partial charge in [-0.1, -0.05) is 0 Å². The van der Waals surface area contributed by atoms with E-state index in [1.54, 1.807) is 17.9 Å². The Labute approximate surface area is 121 Å². The Hall–Kier alpha value is -1.30. The molecule has 0 saturated heterocycles. The summed E-state index contributed by atoms with van der Waals surface area (Å²) < 4.78 is 2.70. The lowest BCUT2D eigenvalue weighted by atomic mass is 10.2. The molecule has 1 unspecified atom stereocenters. The third-order valence-electron chi connectivity index (χ3n) is 3.03. The van der Waals surface area contributed by atoms with Crippen LogP contribution in [0.1, 0.15) is 37.7 Å². The Morgan fingerprint density at radius 3 is 2.58 bits per heavy atom. The Kier molecular flexibility index (Phi) is 5.60. The van der Waals surface area contributed by atoms with Crippen molar-refractivity contribution < 1.29 is 14.7 Å². The summed E-state index contributed by atoms with van der Waals surface area (Å²) in [5.74, 6) is -1.03. The van der Waals surface area contributed by atoms with Gasteiger partial charge in [0.2, 0.25) is 0 Å². The summed E-state index contributed by atoms with van der Waals surface area (Å²) in [5, 5.41) is 8.83. The summed E-state index contributed by atoms with van der Waals surface area (Å²) >= 11 is 3.35. The van der Waals surface area contributed by atoms with Crippen LogP contribution in [0.2, 0.25) is 0 Å². The van der Waals surface area contributed by atoms with Gasteiger partial charge < -0.3 is 14.6 Å². The fourth-order valence-corrected chi connectivity index (χ4v) is 2.54. The number of halogens is 1. The summed E-state index contributed by atoms with van der Waals surface area (Å²) in [5.41, 5.74) is 0.577. The van der Waals surface area contributed by atoms with Crippen LogP contribution in [-0.2, 0) is 11.3 Å². The van der Waals surface area contributed by atoms with Gasteiger partial charge in [0.25, 0.3) is 5.91 Å². The topological polar surface area (TPSA) is 62.5 Å². The van der Waals surface area contributed by atoms with Gasteiger partial charge in [-0.15, -0.1) is 0 Å². The molecule has 1 atom stereocenters. The molecular weight excluding hydrogens is 312 g/mol. The van der Waals surface area contributed by atoms with Gasteiger partial charge >= 0.3 is 5.97 Å². The molecule has 0 saturated carbocycles. The van der Waals surface area contributed by atoms with Crippen molar-refractivity contribution in [3.05, 3.63) is 22.4 Å². The van der Waals surface area contributed by atoms with Crippen LogP contribution in [0, 0.1) is 0 Å². The number of aromatic nitrogens is 1. The van der Waals surface area contributed by atoms with Gasteiger partial charge in [0.05, 0.1) is 6.42 Å². The standard InChI is InChI=1S/C13H19BrN2O3/c1-4-15-8-10(14)7-11(15)13(19)16(5-2)9(3)6-12(17)18/h7-9H,4-6H2,1-3H3,(H,17,18). The summed E-state index contributed by atoms with van der Waals surface area (Å²) in [6.07, 6.45) is 1.80. The summed E-state index contributed by atoms with van der Waals surface area (Å²) in [6.45, 7) is 6.74. The Morgan fingerprint density at radius 1 is 1.47 bits per heavy atom. The van der Waals surface area contributed by atoms with Crippen molar-refractivity contribution in [3.63, 3.8) is 0 Å². The predicted octanol–water partition coefficient (Wildman–Crippen LogP) is 2.60. The van der Waals surface area contributed by atoms with Crippen LogP contribution in [0.3, 0.4) is 0 Å². The first kappa shape index (κ1) is 15.8. The molecule has 6 heteroatoms. The van der Waals surface area contributed by atoms with Crippen molar-refractivity contribution in [2.75, 3.05) is 6.54 Å². The van der Waals surface area contributed by atoms with Gasteiger partial charge in [0, 0.05) is 29.8 Å². The van der Waals surface area contributed by atoms with Crippen molar-refractivity contribution in [1.29, 1.82) is 0 Å². The number of aryl methyl sites for hydroxylation is 1. The van der Waals surface area contributed by atoms with Crippen molar-refractivity contribution in [3.8, 4) is 0 Å². The van der Waals surface area contributed by atoms with Gasteiger partial charge in [-0.2, -0.15) is 0 Å². The molecule has 0 fully saturated rings. The van der Waals surface area contributed by atoms with E-state index >= 15 is 0 Å². The van der Waals surface area contributed by atoms with E-state index in [2.05, 4.69) is 15.9 Å². The highest BCUT2D eigenvalue weighted by Crippen LogP contribution is 2.18. The number of carboxylic acid groups (broad SMARTS) is 1. The Balaban J connectivity index is 2.97. The van der Waals surface area contributed by atoms with Crippen molar-refractivity contribution in [2.24, 2.45) is 0 Å². The molecule has 0 aliphatic carbocycles. The van der Waals surface area contributed by atoms with Gasteiger partial charge in [0.1, 0.15) is 5.69 Å². The minimum Gasteiger partial charge on any atom is -0.481 e. The van der Waals surface area contributed by atoms with Crippen LogP contribution < -0.4 is 0 Å². The molecule has 0 aromatic carbocycles. The minimum absolute atomic E-state index is 0.0480. The first-order valence-electron chi connectivity index (χ1n) is 6.29. The molecule has 1 N–H and O–H groups in total. The lowest BCUT2D eigenvalue weighted by Crippen LogP contribution is -2.40. The molecule has 19 heavy (non-hydrogen) atoms. The van der Waals surface area contributed by atoms with Crippen LogP contribution in [0.5, 0.6) is 0 Å². The smallest absolute Gasteiger partial charge is 0.305 e. The second-order valence-electron chi connectivity index (χ2n) is 4.37. The van der Waals surface area contributed by atoms with E-state index in [-0.39, 0.29) is 18.4 Å². The minimum atomic E-state index is -0.897. The molecular formula is C13H19BrN2O3. The number of hydrogen-bond acceptors (Lipinski definition) is 2. The number of aliphatic carboxylic acids is 1. The van der Waals surface area contributed by atoms with E-state index in [1.807, 2.05) is 24.6 Å². The lowest BCUT2D eigenvalue weighted by Gasteiger charge is -2.27. The second kappa shape index (κ2) is 6.75. The van der Waals surface area contributed by atoms with Crippen molar-refractivity contribution in [2.45, 2.75) is 39.8 Å². The number of carbonyl (C=O) groups excluding carboxylic acids is 1. The summed E-state index contributed by atoms with van der Waals surface area (Å²) in [6, 6.07) is 1.44. The molecule has 1 aromatic rings. The number of carboxylic acids is 1. The largest absolute Gasteiger partial charge is 0.481 e. The average molecular weight is 331 g/mol. The molecule has 1 aromatic heterocycles. The fourth-order valence-electron chi connectivity index (χ4n) is 2.08. The highest BCUT2D eigenvalue weighted by molar-refractivity contribution is 9.10. The third kappa shape index (κ3) is 3.83. The van der Waals surface area contributed by atoms with Crippen LogP contribution in [-0.4, -0.2) is 39.0 Å². The van der Waals surface area contributed by atoms with E-state index in [9.17, 15) is 9.59 Å². The molecule has 0 aliphatic rings. The molecule has 0 spiro atoms. The maximum Gasteiger partial charge on any atom is 0.305 e. The maximum absolute atomic E-state index is 12.5. The number of nitrogens with zero attached hydrogens (tertiary/aromatic N) is 2. The van der Waals surface area contributed by atoms with Gasteiger partial charge in [0.15, 0.2) is 0 Å². The number of hydrogen-bond donors (Lipinski definition) is 1. The monoisotopic (exact) mass is 330 g/mol. The molecule has 0 bridgehead atoms. The van der Waals surface area contributed by atoms with E-state index in [4.69, 9.17) is 5.11 Å². The van der Waals surface area contributed by atoms with Gasteiger partial charge in [-0.25, -0.2) is 0 Å². The molecule has 0 aliphatic heterocycles. The summed E-state index contributed by atoms with van der Waals surface area (Å²) in [7, 11) is 0. The second-order valence-corrected chi connectivity index (χ2v) is 5.28. The first-order valence-corrected chi connectivity index (χ1v) is 7.08. The van der Waals surface area contributed by atoms with E-state index < -0.39 is 5.97 Å². The maximum atomic E-state index is 12.5. The SMILES string of the molecule is CCN(C(=O)c1cc(Br)cn1CC)C(C)CC(=O)O. The Morgan fingerprint density at radius 2 is 2.11 bits per heavy atom. The predicted molar refractivity (Wildman–Crippen MR) is 76.2 cm³/mol. The highest BCUT2D eigenvalue weighted by atomic mass is 79.9. The Bertz CT molecular complexity index is 470. The zero-order valence-corrected chi connectivity index (χ0v) is 13.0. The first-order chi connectivity index (χ1) is 8.90. The highest BCUT2D eigenvalue weighted by Gasteiger charge is 2.24. The third-order valence-corrected chi connectivity index (χ3v) is 3.46. The zero-order valence-electron chi connectivity index (χ0n) is 11.4. The normalized spacial score (nSPS) is 12.2. The molecule has 1 amide bonds. The van der Waals surface area contributed by atoms with Crippen molar-refractivity contribution in [1.82, 2.24) is 9.47 Å². The van der Waals surface area contributed by atoms with Crippen LogP contribution in [0.4, 0.5) is 0 Å². The molecule has 5 nitrogen and oxygen atoms in total. The fraction of sp³-hybridized carbons (Fsp3) is 0.538. The van der Waals surface area contributed by atoms with Gasteiger partial charge in [-0.3, -0.25) is 9.59 Å². The van der Waals surface area contributed by atoms with Gasteiger partial charge in [-0.05, 0) is 42.8 Å². The number of carbonyl (C=O) groups is 2. The van der Waals surface area contributed by atoms with Crippen LogP contribution >= 0.6 is 15.9 Å². The molecule has 1 rings (SSSR count). The quantitative estimate of drug-likeness (QED) is 0.871. The molecule has 0 radical (unpaired) electrons. The van der Waals surface area contributed by atoms with Crippen molar-refractivity contribution >= 4 is 27.8 Å². The van der Waals surface area contributed by atoms with E-state index in [0.29, 0.717) is 18.8 Å². The molecule has 106 valence electrons.